The number of halogens is 4. The summed E-state index contributed by atoms with van der Waals surface area (Å²) in [7, 11) is -4.47. The zero-order chi connectivity index (χ0) is 31.7. The first-order valence-electron chi connectivity index (χ1n) is 15.0. The van der Waals surface area contributed by atoms with Gasteiger partial charge < -0.3 is 19.5 Å². The minimum Gasteiger partial charge on any atom is -0.390 e. The van der Waals surface area contributed by atoms with Crippen molar-refractivity contribution >= 4 is 7.82 Å². The summed E-state index contributed by atoms with van der Waals surface area (Å²) in [6.45, 7) is -0.149. The predicted molar refractivity (Wildman–Crippen MR) is 149 cm³/mol. The molecule has 1 aromatic rings. The van der Waals surface area contributed by atoms with E-state index in [9.17, 15) is 41.7 Å². The molecule has 1 aliphatic rings. The number of ether oxygens (including phenoxy) is 2. The average Bonchev–Trinajstić information content (AvgIpc) is 3.30. The van der Waals surface area contributed by atoms with Gasteiger partial charge in [0.1, 0.15) is 12.3 Å². The SMILES string of the molecule is O=c1[nH]c(=O)n([C@H]2C[C@H](O)[C@@H](COP(=O)(O)OCCOCCCCCCCCCCCCCCCC(F)(F)F)O2)cc1F. The summed E-state index contributed by atoms with van der Waals surface area (Å²) < 4.78 is 83.2. The number of unbranched alkanes of at least 4 members (excludes halogenated alkanes) is 12. The number of phosphoric ester groups is 1. The van der Waals surface area contributed by atoms with Crippen molar-refractivity contribution in [3.63, 3.8) is 0 Å². The third-order valence-electron chi connectivity index (χ3n) is 7.07. The molecule has 0 radical (unpaired) electrons. The highest BCUT2D eigenvalue weighted by atomic mass is 31.2. The van der Waals surface area contributed by atoms with E-state index in [1.54, 1.807) is 4.98 Å². The number of rotatable bonds is 23. The van der Waals surface area contributed by atoms with E-state index in [1.165, 1.54) is 0 Å². The first-order valence-corrected chi connectivity index (χ1v) is 16.5. The number of aliphatic hydroxyl groups excluding tert-OH is 1. The summed E-state index contributed by atoms with van der Waals surface area (Å²) in [5.74, 6) is -1.20. The van der Waals surface area contributed by atoms with Crippen LogP contribution in [0, 0.1) is 5.82 Å². The number of alkyl halides is 3. The third kappa shape index (κ3) is 16.3. The molecule has 0 aliphatic carbocycles. The standard InChI is InChI=1S/C27H45F4N2O9P/c28-21-19-33(26(36)32-25(21)35)24-18-22(34)23(42-24)20-41-43(37,38)40-17-16-39-15-13-11-9-7-5-3-1-2-4-6-8-10-12-14-27(29,30)31/h19,22-24,34H,1-18,20H2,(H,37,38)(H,32,35,36)/t22-,23+,24+/m0/s1. The molecule has 1 aliphatic heterocycles. The smallest absolute Gasteiger partial charge is 0.390 e. The Morgan fingerprint density at radius 2 is 1.47 bits per heavy atom. The highest BCUT2D eigenvalue weighted by Gasteiger charge is 2.37. The van der Waals surface area contributed by atoms with Gasteiger partial charge in [0.2, 0.25) is 5.82 Å². The van der Waals surface area contributed by atoms with Crippen LogP contribution in [0.25, 0.3) is 0 Å². The maximum Gasteiger partial charge on any atom is 0.472 e. The first kappa shape index (κ1) is 37.6. The maximum atomic E-state index is 13.5. The van der Waals surface area contributed by atoms with Crippen molar-refractivity contribution in [2.75, 3.05) is 26.4 Å². The lowest BCUT2D eigenvalue weighted by molar-refractivity contribution is -0.135. The maximum absolute atomic E-state index is 13.5. The van der Waals surface area contributed by atoms with Crippen LogP contribution in [-0.2, 0) is 23.1 Å². The van der Waals surface area contributed by atoms with Crippen LogP contribution in [0.2, 0.25) is 0 Å². The number of hydrogen-bond acceptors (Lipinski definition) is 8. The largest absolute Gasteiger partial charge is 0.472 e. The van der Waals surface area contributed by atoms with Gasteiger partial charge in [0.05, 0.1) is 32.1 Å². The van der Waals surface area contributed by atoms with E-state index >= 15 is 0 Å². The molecule has 0 spiro atoms. The fraction of sp³-hybridized carbons (Fsp3) is 0.852. The molecule has 250 valence electrons. The van der Waals surface area contributed by atoms with E-state index in [0.717, 1.165) is 75.2 Å². The first-order chi connectivity index (χ1) is 20.4. The number of aliphatic hydroxyl groups is 1. The van der Waals surface area contributed by atoms with E-state index in [1.807, 2.05) is 0 Å². The zero-order valence-corrected chi connectivity index (χ0v) is 25.3. The lowest BCUT2D eigenvalue weighted by atomic mass is 10.0. The number of nitrogens with zero attached hydrogens (tertiary/aromatic N) is 1. The van der Waals surface area contributed by atoms with Gasteiger partial charge in [-0.05, 0) is 12.8 Å². The van der Waals surface area contributed by atoms with Crippen LogP contribution in [0.4, 0.5) is 17.6 Å². The molecule has 0 bridgehead atoms. The molecule has 1 fully saturated rings. The molecule has 1 aromatic heterocycles. The summed E-state index contributed by atoms with van der Waals surface area (Å²) in [5.41, 5.74) is -2.11. The van der Waals surface area contributed by atoms with Gasteiger partial charge in [-0.2, -0.15) is 17.6 Å². The number of aromatic nitrogens is 2. The van der Waals surface area contributed by atoms with Crippen LogP contribution in [-0.4, -0.2) is 64.4 Å². The van der Waals surface area contributed by atoms with E-state index in [4.69, 9.17) is 18.5 Å². The Morgan fingerprint density at radius 1 is 0.907 bits per heavy atom. The van der Waals surface area contributed by atoms with Gasteiger partial charge in [-0.1, -0.05) is 70.6 Å². The Hall–Kier alpha value is -1.61. The Balaban J connectivity index is 1.41. The van der Waals surface area contributed by atoms with E-state index in [2.05, 4.69) is 0 Å². The molecule has 16 heteroatoms. The number of H-pyrrole nitrogens is 1. The monoisotopic (exact) mass is 648 g/mol. The highest BCUT2D eigenvalue weighted by Crippen LogP contribution is 2.44. The second-order valence-corrected chi connectivity index (χ2v) is 12.2. The van der Waals surface area contributed by atoms with Crippen LogP contribution in [0.3, 0.4) is 0 Å². The summed E-state index contributed by atoms with van der Waals surface area (Å²) in [6.07, 6.45) is 4.92. The van der Waals surface area contributed by atoms with Crippen molar-refractivity contribution in [3.05, 3.63) is 32.9 Å². The molecule has 3 N–H and O–H groups in total. The van der Waals surface area contributed by atoms with E-state index in [0.29, 0.717) is 19.2 Å². The fourth-order valence-electron chi connectivity index (χ4n) is 4.70. The average molecular weight is 649 g/mol. The molecule has 2 heterocycles. The van der Waals surface area contributed by atoms with E-state index < -0.39 is 62.5 Å². The molecule has 4 atom stereocenters. The normalized spacial score (nSPS) is 20.5. The minimum atomic E-state index is -4.47. The van der Waals surface area contributed by atoms with Crippen molar-refractivity contribution in [1.82, 2.24) is 9.55 Å². The second kappa shape index (κ2) is 19.7. The quantitative estimate of drug-likeness (QED) is 0.0795. The van der Waals surface area contributed by atoms with Gasteiger partial charge in [-0.25, -0.2) is 9.36 Å². The van der Waals surface area contributed by atoms with Crippen molar-refractivity contribution in [3.8, 4) is 0 Å². The molecule has 0 amide bonds. The zero-order valence-electron chi connectivity index (χ0n) is 24.4. The Kier molecular flexibility index (Phi) is 17.2. The van der Waals surface area contributed by atoms with Crippen LogP contribution < -0.4 is 11.2 Å². The Bertz CT molecular complexity index is 1090. The molecule has 1 unspecified atom stereocenters. The van der Waals surface area contributed by atoms with Crippen LogP contribution in [0.5, 0.6) is 0 Å². The lowest BCUT2D eigenvalue weighted by Gasteiger charge is -2.18. The van der Waals surface area contributed by atoms with Gasteiger partial charge in [-0.15, -0.1) is 0 Å². The summed E-state index contributed by atoms with van der Waals surface area (Å²) in [6, 6.07) is 0. The van der Waals surface area contributed by atoms with Crippen molar-refractivity contribution in [1.29, 1.82) is 0 Å². The molecular formula is C27H45F4N2O9P. The number of phosphoric acid groups is 1. The third-order valence-corrected chi connectivity index (χ3v) is 8.06. The van der Waals surface area contributed by atoms with Crippen LogP contribution in [0.1, 0.15) is 103 Å². The predicted octanol–water partition coefficient (Wildman–Crippen LogP) is 5.50. The Morgan fingerprint density at radius 3 is 2.05 bits per heavy atom. The van der Waals surface area contributed by atoms with Gasteiger partial charge in [0.15, 0.2) is 0 Å². The van der Waals surface area contributed by atoms with Crippen molar-refractivity contribution in [2.24, 2.45) is 0 Å². The molecule has 11 nitrogen and oxygen atoms in total. The topological polar surface area (TPSA) is 149 Å². The molecule has 1 saturated heterocycles. The number of aromatic amines is 1. The van der Waals surface area contributed by atoms with Gasteiger partial charge in [0.25, 0.3) is 5.56 Å². The Labute approximate surface area is 248 Å². The minimum absolute atomic E-state index is 0.0849. The molecule has 43 heavy (non-hydrogen) atoms. The van der Waals surface area contributed by atoms with Gasteiger partial charge in [-0.3, -0.25) is 23.4 Å². The van der Waals surface area contributed by atoms with Crippen molar-refractivity contribution < 1.29 is 50.6 Å². The summed E-state index contributed by atoms with van der Waals surface area (Å²) in [4.78, 5) is 34.7. The fourth-order valence-corrected chi connectivity index (χ4v) is 5.42. The van der Waals surface area contributed by atoms with E-state index in [-0.39, 0.29) is 26.1 Å². The molecule has 0 saturated carbocycles. The molecule has 2 rings (SSSR count). The molecule has 0 aromatic carbocycles. The van der Waals surface area contributed by atoms with Gasteiger partial charge in [0, 0.05) is 19.4 Å². The summed E-state index contributed by atoms with van der Waals surface area (Å²) in [5, 5.41) is 10.1. The number of hydrogen-bond donors (Lipinski definition) is 3. The number of nitrogens with one attached hydrogen (secondary N) is 1. The highest BCUT2D eigenvalue weighted by molar-refractivity contribution is 7.47. The lowest BCUT2D eigenvalue weighted by Crippen LogP contribution is -2.34. The van der Waals surface area contributed by atoms with Crippen LogP contribution in [0.15, 0.2) is 15.8 Å². The summed E-state index contributed by atoms with van der Waals surface area (Å²) >= 11 is 0. The van der Waals surface area contributed by atoms with Gasteiger partial charge >= 0.3 is 19.7 Å². The van der Waals surface area contributed by atoms with Crippen LogP contribution >= 0.6 is 7.82 Å². The second-order valence-electron chi connectivity index (χ2n) is 10.7. The van der Waals surface area contributed by atoms with Crippen molar-refractivity contribution in [2.45, 2.75) is 121 Å². The molecular weight excluding hydrogens is 603 g/mol.